The van der Waals surface area contributed by atoms with Crippen LogP contribution >= 0.6 is 0 Å². The first-order valence-corrected chi connectivity index (χ1v) is 5.09. The van der Waals surface area contributed by atoms with E-state index < -0.39 is 5.97 Å². The van der Waals surface area contributed by atoms with E-state index in [9.17, 15) is 9.90 Å². The van der Waals surface area contributed by atoms with Crippen LogP contribution in [0.15, 0.2) is 11.6 Å². The fourth-order valence-electron chi connectivity index (χ4n) is 1.80. The first-order valence-electron chi connectivity index (χ1n) is 5.09. The van der Waals surface area contributed by atoms with Crippen molar-refractivity contribution in [3.8, 4) is 0 Å². The largest absolute Gasteiger partial charge is 0.478 e. The van der Waals surface area contributed by atoms with Crippen molar-refractivity contribution in [3.63, 3.8) is 0 Å². The summed E-state index contributed by atoms with van der Waals surface area (Å²) >= 11 is 0. The van der Waals surface area contributed by atoms with Crippen molar-refractivity contribution < 1.29 is 15.0 Å². The van der Waals surface area contributed by atoms with Gasteiger partial charge in [-0.2, -0.15) is 0 Å². The van der Waals surface area contributed by atoms with E-state index in [2.05, 4.69) is 0 Å². The Hall–Kier alpha value is -0.830. The van der Waals surface area contributed by atoms with Gasteiger partial charge in [-0.1, -0.05) is 12.5 Å². The van der Waals surface area contributed by atoms with E-state index in [0.717, 1.165) is 18.4 Å². The lowest BCUT2D eigenvalue weighted by Crippen LogP contribution is -2.20. The van der Waals surface area contributed by atoms with Crippen molar-refractivity contribution >= 4 is 5.97 Å². The number of carbonyl (C=O) groups is 1. The Morgan fingerprint density at radius 3 is 2.57 bits per heavy atom. The SMILES string of the molecule is C/C(=C/C(=O)O)CC(C)C(O)C1CC1. The molecule has 0 aliphatic heterocycles. The predicted octanol–water partition coefficient (Wildman–Crippen LogP) is 1.81. The van der Waals surface area contributed by atoms with Crippen LogP contribution < -0.4 is 0 Å². The summed E-state index contributed by atoms with van der Waals surface area (Å²) < 4.78 is 0. The molecule has 2 N–H and O–H groups in total. The second-order valence-electron chi connectivity index (χ2n) is 4.34. The lowest BCUT2D eigenvalue weighted by molar-refractivity contribution is -0.131. The van der Waals surface area contributed by atoms with Crippen LogP contribution in [0.5, 0.6) is 0 Å². The quantitative estimate of drug-likeness (QED) is 0.662. The number of aliphatic carboxylic acids is 1. The zero-order valence-electron chi connectivity index (χ0n) is 8.73. The molecule has 0 saturated heterocycles. The van der Waals surface area contributed by atoms with E-state index in [1.165, 1.54) is 6.08 Å². The summed E-state index contributed by atoms with van der Waals surface area (Å²) in [7, 11) is 0. The van der Waals surface area contributed by atoms with Gasteiger partial charge in [0.25, 0.3) is 0 Å². The van der Waals surface area contributed by atoms with Crippen LogP contribution in [0.3, 0.4) is 0 Å². The number of aliphatic hydroxyl groups is 1. The smallest absolute Gasteiger partial charge is 0.328 e. The summed E-state index contributed by atoms with van der Waals surface area (Å²) in [5, 5.41) is 18.3. The van der Waals surface area contributed by atoms with Crippen LogP contribution in [0, 0.1) is 11.8 Å². The summed E-state index contributed by atoms with van der Waals surface area (Å²) in [4.78, 5) is 10.4. The molecule has 0 radical (unpaired) electrons. The van der Waals surface area contributed by atoms with Gasteiger partial charge in [-0.25, -0.2) is 4.79 Å². The Kier molecular flexibility index (Phi) is 3.69. The Morgan fingerprint density at radius 1 is 1.57 bits per heavy atom. The number of allylic oxidation sites excluding steroid dienone is 1. The van der Waals surface area contributed by atoms with Crippen molar-refractivity contribution in [2.75, 3.05) is 0 Å². The zero-order valence-corrected chi connectivity index (χ0v) is 8.73. The molecule has 0 bridgehead atoms. The van der Waals surface area contributed by atoms with Gasteiger partial charge in [0.15, 0.2) is 0 Å². The molecule has 1 aliphatic carbocycles. The van der Waals surface area contributed by atoms with Crippen molar-refractivity contribution in [3.05, 3.63) is 11.6 Å². The van der Waals surface area contributed by atoms with E-state index in [-0.39, 0.29) is 12.0 Å². The molecule has 1 saturated carbocycles. The normalized spacial score (nSPS) is 21.8. The highest BCUT2D eigenvalue weighted by Gasteiger charge is 2.33. The van der Waals surface area contributed by atoms with E-state index in [1.54, 1.807) is 6.92 Å². The lowest BCUT2D eigenvalue weighted by Gasteiger charge is -2.18. The van der Waals surface area contributed by atoms with Crippen LogP contribution in [0.2, 0.25) is 0 Å². The molecule has 0 aromatic rings. The van der Waals surface area contributed by atoms with Crippen molar-refractivity contribution in [2.24, 2.45) is 11.8 Å². The minimum absolute atomic E-state index is 0.165. The standard InChI is InChI=1S/C11H18O3/c1-7(6-10(12)13)5-8(2)11(14)9-3-4-9/h6,8-9,11,14H,3-5H2,1-2H3,(H,12,13)/b7-6-. The topological polar surface area (TPSA) is 57.5 Å². The molecule has 80 valence electrons. The van der Waals surface area contributed by atoms with Gasteiger partial charge in [0.05, 0.1) is 6.10 Å². The maximum atomic E-state index is 10.4. The molecule has 1 rings (SSSR count). The van der Waals surface area contributed by atoms with Gasteiger partial charge in [0.2, 0.25) is 0 Å². The number of rotatable bonds is 5. The third-order valence-corrected chi connectivity index (χ3v) is 2.70. The highest BCUT2D eigenvalue weighted by atomic mass is 16.4. The molecular formula is C11H18O3. The van der Waals surface area contributed by atoms with Gasteiger partial charge in [0.1, 0.15) is 0 Å². The summed E-state index contributed by atoms with van der Waals surface area (Å²) in [5.74, 6) is -0.281. The van der Waals surface area contributed by atoms with Gasteiger partial charge in [-0.05, 0) is 38.0 Å². The molecule has 0 spiro atoms. The zero-order chi connectivity index (χ0) is 10.7. The molecule has 1 fully saturated rings. The second-order valence-corrected chi connectivity index (χ2v) is 4.34. The number of carboxylic acids is 1. The predicted molar refractivity (Wildman–Crippen MR) is 53.9 cm³/mol. The molecule has 3 nitrogen and oxygen atoms in total. The summed E-state index contributed by atoms with van der Waals surface area (Å²) in [6, 6.07) is 0. The fraction of sp³-hybridized carbons (Fsp3) is 0.727. The second kappa shape index (κ2) is 4.60. The van der Waals surface area contributed by atoms with Gasteiger partial charge in [0, 0.05) is 6.08 Å². The third-order valence-electron chi connectivity index (χ3n) is 2.70. The molecular weight excluding hydrogens is 180 g/mol. The van der Waals surface area contributed by atoms with Gasteiger partial charge in [-0.3, -0.25) is 0 Å². The lowest BCUT2D eigenvalue weighted by atomic mass is 9.93. The number of aliphatic hydroxyl groups excluding tert-OH is 1. The first kappa shape index (κ1) is 11.2. The molecule has 0 amide bonds. The Bertz CT molecular complexity index is 241. The van der Waals surface area contributed by atoms with Gasteiger partial charge < -0.3 is 10.2 Å². The van der Waals surface area contributed by atoms with E-state index in [1.807, 2.05) is 6.92 Å². The highest BCUT2D eigenvalue weighted by Crippen LogP contribution is 2.37. The number of hydrogen-bond donors (Lipinski definition) is 2. The van der Waals surface area contributed by atoms with Crippen LogP contribution in [0.1, 0.15) is 33.1 Å². The van der Waals surface area contributed by atoms with Crippen LogP contribution in [0.25, 0.3) is 0 Å². The molecule has 2 atom stereocenters. The van der Waals surface area contributed by atoms with Crippen LogP contribution in [-0.4, -0.2) is 22.3 Å². The summed E-state index contributed by atoms with van der Waals surface area (Å²) in [6.45, 7) is 3.77. The minimum atomic E-state index is -0.907. The molecule has 0 aromatic carbocycles. The van der Waals surface area contributed by atoms with Crippen LogP contribution in [0.4, 0.5) is 0 Å². The molecule has 0 heterocycles. The van der Waals surface area contributed by atoms with Crippen molar-refractivity contribution in [2.45, 2.75) is 39.2 Å². The van der Waals surface area contributed by atoms with Gasteiger partial charge in [-0.15, -0.1) is 0 Å². The van der Waals surface area contributed by atoms with E-state index in [0.29, 0.717) is 12.3 Å². The minimum Gasteiger partial charge on any atom is -0.478 e. The Labute approximate surface area is 84.4 Å². The first-order chi connectivity index (χ1) is 6.50. The van der Waals surface area contributed by atoms with E-state index >= 15 is 0 Å². The van der Waals surface area contributed by atoms with E-state index in [4.69, 9.17) is 5.11 Å². The average Bonchev–Trinajstić information content (AvgIpc) is 2.83. The number of hydrogen-bond acceptors (Lipinski definition) is 2. The summed E-state index contributed by atoms with van der Waals surface area (Å²) in [6.07, 6.45) is 3.87. The van der Waals surface area contributed by atoms with Gasteiger partial charge >= 0.3 is 5.97 Å². The van der Waals surface area contributed by atoms with Crippen LogP contribution in [-0.2, 0) is 4.79 Å². The highest BCUT2D eigenvalue weighted by molar-refractivity contribution is 5.80. The maximum Gasteiger partial charge on any atom is 0.328 e. The Morgan fingerprint density at radius 2 is 2.14 bits per heavy atom. The average molecular weight is 198 g/mol. The van der Waals surface area contributed by atoms with Crippen molar-refractivity contribution in [1.29, 1.82) is 0 Å². The Balaban J connectivity index is 2.38. The molecule has 2 unspecified atom stereocenters. The number of carboxylic acid groups (broad SMARTS) is 1. The summed E-state index contributed by atoms with van der Waals surface area (Å²) in [5.41, 5.74) is 0.824. The molecule has 14 heavy (non-hydrogen) atoms. The fourth-order valence-corrected chi connectivity index (χ4v) is 1.80. The molecule has 0 aromatic heterocycles. The molecule has 3 heteroatoms. The third kappa shape index (κ3) is 3.50. The molecule has 1 aliphatic rings. The van der Waals surface area contributed by atoms with Crippen molar-refractivity contribution in [1.82, 2.24) is 0 Å². The monoisotopic (exact) mass is 198 g/mol. The maximum absolute atomic E-state index is 10.4.